The largest absolute Gasteiger partial charge is 0.466 e. The first kappa shape index (κ1) is 15.1. The van der Waals surface area contributed by atoms with Crippen LogP contribution in [0.1, 0.15) is 68.1 Å². The van der Waals surface area contributed by atoms with Gasteiger partial charge in [0.15, 0.2) is 0 Å². The smallest absolute Gasteiger partial charge is 0.105 e. The van der Waals surface area contributed by atoms with Crippen molar-refractivity contribution in [3.05, 3.63) is 23.2 Å². The summed E-state index contributed by atoms with van der Waals surface area (Å²) in [7, 11) is 0. The molecule has 1 aromatic rings. The zero-order chi connectivity index (χ0) is 14.9. The Hall–Kier alpha value is -0.840. The maximum Gasteiger partial charge on any atom is 0.105 e. The van der Waals surface area contributed by atoms with Gasteiger partial charge in [-0.05, 0) is 51.5 Å². The summed E-state index contributed by atoms with van der Waals surface area (Å²) in [4.78, 5) is 0. The minimum Gasteiger partial charge on any atom is -0.466 e. The van der Waals surface area contributed by atoms with Crippen LogP contribution in [0.25, 0.3) is 0 Å². The van der Waals surface area contributed by atoms with Crippen molar-refractivity contribution in [3.63, 3.8) is 0 Å². The lowest BCUT2D eigenvalue weighted by atomic mass is 9.73. The Bertz CT molecular complexity index is 472. The van der Waals surface area contributed by atoms with Gasteiger partial charge in [-0.15, -0.1) is 0 Å². The minimum atomic E-state index is 0.114. The predicted octanol–water partition coefficient (Wildman–Crippen LogP) is 3.53. The monoisotopic (exact) mass is 292 g/mol. The highest BCUT2D eigenvalue weighted by molar-refractivity contribution is 5.25. The lowest BCUT2D eigenvalue weighted by molar-refractivity contribution is -0.122. The van der Waals surface area contributed by atoms with Gasteiger partial charge in [0, 0.05) is 12.2 Å². The van der Waals surface area contributed by atoms with Crippen LogP contribution in [0.5, 0.6) is 0 Å². The summed E-state index contributed by atoms with van der Waals surface area (Å²) in [6.07, 6.45) is 8.57. The molecule has 1 saturated carbocycles. The predicted molar refractivity (Wildman–Crippen MR) is 82.7 cm³/mol. The Kier molecular flexibility index (Phi) is 4.38. The van der Waals surface area contributed by atoms with Crippen molar-refractivity contribution in [2.24, 2.45) is 11.8 Å². The Balaban J connectivity index is 1.78. The summed E-state index contributed by atoms with van der Waals surface area (Å²) >= 11 is 0. The van der Waals surface area contributed by atoms with Gasteiger partial charge < -0.3 is 9.15 Å². The van der Waals surface area contributed by atoms with Crippen molar-refractivity contribution in [2.45, 2.75) is 70.4 Å². The van der Waals surface area contributed by atoms with Crippen molar-refractivity contribution < 1.29 is 9.15 Å². The first-order valence-electron chi connectivity index (χ1n) is 8.30. The van der Waals surface area contributed by atoms with E-state index in [4.69, 9.17) is 15.0 Å². The molecular formula is C17H28N2O2. The molecule has 1 aliphatic carbocycles. The molecule has 0 amide bonds. The Morgan fingerprint density at radius 1 is 1.29 bits per heavy atom. The molecule has 3 rings (SSSR count). The maximum atomic E-state index is 6.21. The van der Waals surface area contributed by atoms with Gasteiger partial charge in [-0.3, -0.25) is 11.3 Å². The minimum absolute atomic E-state index is 0.114. The second-order valence-corrected chi connectivity index (χ2v) is 6.86. The van der Waals surface area contributed by atoms with Crippen LogP contribution in [0.2, 0.25) is 0 Å². The topological polar surface area (TPSA) is 60.4 Å². The van der Waals surface area contributed by atoms with Crippen LogP contribution in [-0.2, 0) is 4.74 Å². The lowest BCUT2D eigenvalue weighted by Crippen LogP contribution is -2.46. The Labute approximate surface area is 127 Å². The molecule has 1 aromatic heterocycles. The molecule has 2 atom stereocenters. The van der Waals surface area contributed by atoms with Crippen molar-refractivity contribution >= 4 is 0 Å². The summed E-state index contributed by atoms with van der Waals surface area (Å²) in [5.41, 5.74) is 4.38. The molecule has 2 unspecified atom stereocenters. The highest BCUT2D eigenvalue weighted by atomic mass is 16.5. The first-order chi connectivity index (χ1) is 10.1. The fourth-order valence-corrected chi connectivity index (χ4v) is 4.33. The van der Waals surface area contributed by atoms with Gasteiger partial charge in [-0.25, -0.2) is 0 Å². The van der Waals surface area contributed by atoms with Crippen molar-refractivity contribution in [1.29, 1.82) is 0 Å². The molecular weight excluding hydrogens is 264 g/mol. The third kappa shape index (κ3) is 3.03. The van der Waals surface area contributed by atoms with E-state index in [1.807, 2.05) is 13.8 Å². The third-order valence-corrected chi connectivity index (χ3v) is 5.36. The second kappa shape index (κ2) is 6.11. The molecule has 0 bridgehead atoms. The SMILES string of the molecule is Cc1cc(C(NN)C2CCOC3(CCCCC3)C2)c(C)o1. The molecule has 118 valence electrons. The average molecular weight is 292 g/mol. The number of hydrogen-bond acceptors (Lipinski definition) is 4. The number of ether oxygens (including phenoxy) is 1. The van der Waals surface area contributed by atoms with Gasteiger partial charge in [0.05, 0.1) is 11.6 Å². The fourth-order valence-electron chi connectivity index (χ4n) is 4.33. The number of furan rings is 1. The summed E-state index contributed by atoms with van der Waals surface area (Å²) in [5.74, 6) is 8.37. The summed E-state index contributed by atoms with van der Waals surface area (Å²) in [6, 6.07) is 2.30. The van der Waals surface area contributed by atoms with E-state index < -0.39 is 0 Å². The molecule has 1 saturated heterocycles. The third-order valence-electron chi connectivity index (χ3n) is 5.36. The van der Waals surface area contributed by atoms with Gasteiger partial charge in [0.2, 0.25) is 0 Å². The molecule has 1 aliphatic heterocycles. The molecule has 4 heteroatoms. The van der Waals surface area contributed by atoms with E-state index in [2.05, 4.69) is 11.5 Å². The molecule has 21 heavy (non-hydrogen) atoms. The number of rotatable bonds is 3. The summed E-state index contributed by atoms with van der Waals surface area (Å²) < 4.78 is 11.9. The molecule has 1 spiro atoms. The normalized spacial score (nSPS) is 26.9. The van der Waals surface area contributed by atoms with Gasteiger partial charge in [-0.2, -0.15) is 0 Å². The van der Waals surface area contributed by atoms with Crippen LogP contribution in [0.4, 0.5) is 0 Å². The van der Waals surface area contributed by atoms with Crippen LogP contribution in [0, 0.1) is 19.8 Å². The highest BCUT2D eigenvalue weighted by Gasteiger charge is 2.41. The Morgan fingerprint density at radius 2 is 2.05 bits per heavy atom. The van der Waals surface area contributed by atoms with Crippen molar-refractivity contribution in [2.75, 3.05) is 6.61 Å². The lowest BCUT2D eigenvalue weighted by Gasteiger charge is -2.45. The second-order valence-electron chi connectivity index (χ2n) is 6.86. The van der Waals surface area contributed by atoms with Gasteiger partial charge in [-0.1, -0.05) is 19.3 Å². The van der Waals surface area contributed by atoms with E-state index in [1.165, 1.54) is 37.7 Å². The summed E-state index contributed by atoms with van der Waals surface area (Å²) in [5, 5.41) is 0. The zero-order valence-corrected chi connectivity index (χ0v) is 13.3. The molecule has 2 fully saturated rings. The number of hydrazine groups is 1. The van der Waals surface area contributed by atoms with Gasteiger partial charge in [0.25, 0.3) is 0 Å². The van der Waals surface area contributed by atoms with E-state index in [1.54, 1.807) is 0 Å². The van der Waals surface area contributed by atoms with E-state index in [0.717, 1.165) is 31.0 Å². The van der Waals surface area contributed by atoms with Crippen LogP contribution in [0.15, 0.2) is 10.5 Å². The highest BCUT2D eigenvalue weighted by Crippen LogP contribution is 2.44. The number of nitrogens with two attached hydrogens (primary N) is 1. The average Bonchev–Trinajstić information content (AvgIpc) is 2.80. The number of nitrogens with one attached hydrogen (secondary N) is 1. The molecule has 0 aromatic carbocycles. The van der Waals surface area contributed by atoms with Crippen molar-refractivity contribution in [1.82, 2.24) is 5.43 Å². The number of aryl methyl sites for hydroxylation is 2. The van der Waals surface area contributed by atoms with Gasteiger partial charge >= 0.3 is 0 Å². The molecule has 3 N–H and O–H groups in total. The van der Waals surface area contributed by atoms with E-state index in [9.17, 15) is 0 Å². The molecule has 2 aliphatic rings. The van der Waals surface area contributed by atoms with Crippen molar-refractivity contribution in [3.8, 4) is 0 Å². The maximum absolute atomic E-state index is 6.21. The Morgan fingerprint density at radius 3 is 2.67 bits per heavy atom. The van der Waals surface area contributed by atoms with E-state index in [-0.39, 0.29) is 11.6 Å². The fraction of sp³-hybridized carbons (Fsp3) is 0.765. The number of hydrogen-bond donors (Lipinski definition) is 2. The molecule has 4 nitrogen and oxygen atoms in total. The zero-order valence-electron chi connectivity index (χ0n) is 13.3. The van der Waals surface area contributed by atoms with Crippen LogP contribution in [0.3, 0.4) is 0 Å². The molecule has 2 heterocycles. The molecule has 0 radical (unpaired) electrons. The quantitative estimate of drug-likeness (QED) is 0.661. The van der Waals surface area contributed by atoms with Crippen LogP contribution < -0.4 is 11.3 Å². The van der Waals surface area contributed by atoms with Crippen LogP contribution >= 0.6 is 0 Å². The first-order valence-corrected chi connectivity index (χ1v) is 8.30. The van der Waals surface area contributed by atoms with Gasteiger partial charge in [0.1, 0.15) is 11.5 Å². The summed E-state index contributed by atoms with van der Waals surface area (Å²) in [6.45, 7) is 4.89. The van der Waals surface area contributed by atoms with E-state index in [0.29, 0.717) is 5.92 Å². The van der Waals surface area contributed by atoms with E-state index >= 15 is 0 Å². The standard InChI is InChI=1S/C17H28N2O2/c1-12-10-15(13(2)21-12)16(19-18)14-6-9-20-17(11-14)7-4-3-5-8-17/h10,14,16,19H,3-9,11,18H2,1-2H3. The van der Waals surface area contributed by atoms with Crippen LogP contribution in [-0.4, -0.2) is 12.2 Å².